The van der Waals surface area contributed by atoms with E-state index in [1.807, 2.05) is 37.3 Å². The van der Waals surface area contributed by atoms with Crippen LogP contribution in [0.25, 0.3) is 0 Å². The molecule has 4 nitrogen and oxygen atoms in total. The lowest BCUT2D eigenvalue weighted by atomic mass is 10.1. The van der Waals surface area contributed by atoms with Crippen LogP contribution in [0.4, 0.5) is 5.69 Å². The van der Waals surface area contributed by atoms with Crippen LogP contribution in [0.15, 0.2) is 48.5 Å². The summed E-state index contributed by atoms with van der Waals surface area (Å²) in [5, 5.41) is 14.0. The standard InChI is InChI=1S/C15H16N2O2/c1-12-7-8-15(17(18)19)9-14(12)11-16-10-13-5-3-2-4-6-13/h2-9,16H,10-11H2,1H3. The van der Waals surface area contributed by atoms with Gasteiger partial charge in [-0.05, 0) is 23.6 Å². The maximum atomic E-state index is 10.7. The lowest BCUT2D eigenvalue weighted by Gasteiger charge is -2.08. The van der Waals surface area contributed by atoms with Crippen LogP contribution in [0.3, 0.4) is 0 Å². The number of nitrogens with one attached hydrogen (secondary N) is 1. The van der Waals surface area contributed by atoms with Gasteiger partial charge in [-0.3, -0.25) is 10.1 Å². The predicted octanol–water partition coefficient (Wildman–Crippen LogP) is 3.19. The SMILES string of the molecule is Cc1ccc([N+](=O)[O-])cc1CNCc1ccccc1. The minimum Gasteiger partial charge on any atom is -0.309 e. The van der Waals surface area contributed by atoms with Crippen LogP contribution in [0, 0.1) is 17.0 Å². The molecule has 0 aromatic heterocycles. The fraction of sp³-hybridized carbons (Fsp3) is 0.200. The van der Waals surface area contributed by atoms with Crippen molar-refractivity contribution in [2.75, 3.05) is 0 Å². The van der Waals surface area contributed by atoms with E-state index < -0.39 is 0 Å². The van der Waals surface area contributed by atoms with Crippen molar-refractivity contribution in [3.05, 3.63) is 75.3 Å². The second-order valence-electron chi connectivity index (χ2n) is 4.46. The van der Waals surface area contributed by atoms with E-state index in [0.29, 0.717) is 6.54 Å². The van der Waals surface area contributed by atoms with Gasteiger partial charge in [-0.15, -0.1) is 0 Å². The third-order valence-electron chi connectivity index (χ3n) is 3.03. The second-order valence-corrected chi connectivity index (χ2v) is 4.46. The summed E-state index contributed by atoms with van der Waals surface area (Å²) < 4.78 is 0. The summed E-state index contributed by atoms with van der Waals surface area (Å²) in [5.74, 6) is 0. The number of nitro groups is 1. The topological polar surface area (TPSA) is 55.2 Å². The quantitative estimate of drug-likeness (QED) is 0.660. The van der Waals surface area contributed by atoms with Gasteiger partial charge >= 0.3 is 0 Å². The molecular weight excluding hydrogens is 240 g/mol. The Morgan fingerprint density at radius 3 is 2.53 bits per heavy atom. The minimum absolute atomic E-state index is 0.141. The molecule has 0 radical (unpaired) electrons. The van der Waals surface area contributed by atoms with Crippen molar-refractivity contribution < 1.29 is 4.92 Å². The van der Waals surface area contributed by atoms with E-state index in [9.17, 15) is 10.1 Å². The third kappa shape index (κ3) is 3.63. The highest BCUT2D eigenvalue weighted by atomic mass is 16.6. The summed E-state index contributed by atoms with van der Waals surface area (Å²) in [5.41, 5.74) is 3.36. The minimum atomic E-state index is -0.361. The van der Waals surface area contributed by atoms with Gasteiger partial charge in [0.25, 0.3) is 5.69 Å². The van der Waals surface area contributed by atoms with Gasteiger partial charge in [-0.1, -0.05) is 36.4 Å². The van der Waals surface area contributed by atoms with E-state index >= 15 is 0 Å². The molecule has 98 valence electrons. The molecule has 4 heteroatoms. The van der Waals surface area contributed by atoms with Crippen molar-refractivity contribution in [1.29, 1.82) is 0 Å². The van der Waals surface area contributed by atoms with Gasteiger partial charge in [0.2, 0.25) is 0 Å². The number of nitro benzene ring substituents is 1. The van der Waals surface area contributed by atoms with Gasteiger partial charge in [0.15, 0.2) is 0 Å². The first kappa shape index (κ1) is 13.2. The first-order valence-corrected chi connectivity index (χ1v) is 6.15. The molecule has 0 aliphatic heterocycles. The molecule has 0 saturated carbocycles. The molecule has 2 aromatic carbocycles. The molecule has 2 rings (SSSR count). The molecule has 0 bridgehead atoms. The van der Waals surface area contributed by atoms with E-state index in [-0.39, 0.29) is 10.6 Å². The molecule has 0 saturated heterocycles. The molecule has 0 atom stereocenters. The largest absolute Gasteiger partial charge is 0.309 e. The predicted molar refractivity (Wildman–Crippen MR) is 74.8 cm³/mol. The number of hydrogen-bond donors (Lipinski definition) is 1. The highest BCUT2D eigenvalue weighted by Gasteiger charge is 2.08. The molecule has 19 heavy (non-hydrogen) atoms. The van der Waals surface area contributed by atoms with E-state index in [1.54, 1.807) is 12.1 Å². The van der Waals surface area contributed by atoms with Crippen LogP contribution in [0.5, 0.6) is 0 Å². The van der Waals surface area contributed by atoms with Gasteiger partial charge in [0.1, 0.15) is 0 Å². The number of hydrogen-bond acceptors (Lipinski definition) is 3. The van der Waals surface area contributed by atoms with E-state index in [0.717, 1.165) is 17.7 Å². The molecule has 0 aliphatic rings. The normalized spacial score (nSPS) is 10.4. The first-order valence-electron chi connectivity index (χ1n) is 6.15. The fourth-order valence-electron chi connectivity index (χ4n) is 1.90. The van der Waals surface area contributed by atoms with Gasteiger partial charge in [-0.25, -0.2) is 0 Å². The number of non-ortho nitro benzene ring substituents is 1. The average molecular weight is 256 g/mol. The van der Waals surface area contributed by atoms with Crippen molar-refractivity contribution >= 4 is 5.69 Å². The lowest BCUT2D eigenvalue weighted by Crippen LogP contribution is -2.13. The van der Waals surface area contributed by atoms with Crippen molar-refractivity contribution in [1.82, 2.24) is 5.32 Å². The highest BCUT2D eigenvalue weighted by Crippen LogP contribution is 2.17. The monoisotopic (exact) mass is 256 g/mol. The number of benzene rings is 2. The summed E-state index contributed by atoms with van der Waals surface area (Å²) in [6, 6.07) is 15.0. The van der Waals surface area contributed by atoms with Crippen LogP contribution in [-0.2, 0) is 13.1 Å². The van der Waals surface area contributed by atoms with Crippen LogP contribution in [0.2, 0.25) is 0 Å². The summed E-state index contributed by atoms with van der Waals surface area (Å²) in [6.45, 7) is 3.34. The van der Waals surface area contributed by atoms with Gasteiger partial charge in [-0.2, -0.15) is 0 Å². The Bertz CT molecular complexity index is 568. The van der Waals surface area contributed by atoms with Gasteiger partial charge in [0, 0.05) is 25.2 Å². The molecule has 0 amide bonds. The van der Waals surface area contributed by atoms with Crippen molar-refractivity contribution in [2.24, 2.45) is 0 Å². The van der Waals surface area contributed by atoms with E-state index in [1.165, 1.54) is 11.6 Å². The average Bonchev–Trinajstić information content (AvgIpc) is 2.42. The van der Waals surface area contributed by atoms with Crippen LogP contribution in [-0.4, -0.2) is 4.92 Å². The Labute approximate surface area is 112 Å². The smallest absolute Gasteiger partial charge is 0.269 e. The number of aryl methyl sites for hydroxylation is 1. The Kier molecular flexibility index (Phi) is 4.26. The molecule has 2 aromatic rings. The maximum Gasteiger partial charge on any atom is 0.269 e. The lowest BCUT2D eigenvalue weighted by molar-refractivity contribution is -0.384. The van der Waals surface area contributed by atoms with Gasteiger partial charge < -0.3 is 5.32 Å². The molecule has 0 spiro atoms. The summed E-state index contributed by atoms with van der Waals surface area (Å²) in [4.78, 5) is 10.4. The summed E-state index contributed by atoms with van der Waals surface area (Å²) in [7, 11) is 0. The first-order chi connectivity index (χ1) is 9.16. The molecular formula is C15H16N2O2. The molecule has 1 N–H and O–H groups in total. The molecule has 0 unspecified atom stereocenters. The van der Waals surface area contributed by atoms with Crippen LogP contribution in [0.1, 0.15) is 16.7 Å². The van der Waals surface area contributed by atoms with Crippen LogP contribution < -0.4 is 5.32 Å². The number of rotatable bonds is 5. The zero-order chi connectivity index (χ0) is 13.7. The number of nitrogens with zero attached hydrogens (tertiary/aromatic N) is 1. The zero-order valence-corrected chi connectivity index (χ0v) is 10.8. The maximum absolute atomic E-state index is 10.7. The molecule has 0 heterocycles. The van der Waals surface area contributed by atoms with Crippen LogP contribution >= 0.6 is 0 Å². The summed E-state index contributed by atoms with van der Waals surface area (Å²) in [6.07, 6.45) is 0. The Balaban J connectivity index is 1.99. The van der Waals surface area contributed by atoms with Gasteiger partial charge in [0.05, 0.1) is 4.92 Å². The molecule has 0 aliphatic carbocycles. The fourth-order valence-corrected chi connectivity index (χ4v) is 1.90. The van der Waals surface area contributed by atoms with Crippen molar-refractivity contribution in [3.63, 3.8) is 0 Å². The van der Waals surface area contributed by atoms with E-state index in [4.69, 9.17) is 0 Å². The zero-order valence-electron chi connectivity index (χ0n) is 10.8. The second kappa shape index (κ2) is 6.11. The van der Waals surface area contributed by atoms with Crippen molar-refractivity contribution in [3.8, 4) is 0 Å². The Morgan fingerprint density at radius 2 is 1.84 bits per heavy atom. The Hall–Kier alpha value is -2.20. The highest BCUT2D eigenvalue weighted by molar-refractivity contribution is 5.39. The molecule has 0 fully saturated rings. The van der Waals surface area contributed by atoms with Crippen molar-refractivity contribution in [2.45, 2.75) is 20.0 Å². The summed E-state index contributed by atoms with van der Waals surface area (Å²) >= 11 is 0. The Morgan fingerprint density at radius 1 is 1.11 bits per heavy atom. The van der Waals surface area contributed by atoms with E-state index in [2.05, 4.69) is 5.32 Å². The third-order valence-corrected chi connectivity index (χ3v) is 3.03.